The molecule has 0 spiro atoms. The molecule has 0 bridgehead atoms. The number of likely N-dealkylation sites (N-methyl/N-ethyl adjacent to an activating group) is 1. The molecule has 2 aromatic heterocycles. The molecule has 0 radical (unpaired) electrons. The predicted molar refractivity (Wildman–Crippen MR) is 109 cm³/mol. The minimum absolute atomic E-state index is 0.281. The van der Waals surface area contributed by atoms with E-state index in [1.807, 2.05) is 54.3 Å². The van der Waals surface area contributed by atoms with Crippen molar-refractivity contribution in [3.63, 3.8) is 0 Å². The third-order valence-electron chi connectivity index (χ3n) is 4.63. The van der Waals surface area contributed by atoms with E-state index < -0.39 is 6.23 Å². The molecule has 0 saturated heterocycles. The maximum absolute atomic E-state index is 11.0. The van der Waals surface area contributed by atoms with Crippen molar-refractivity contribution in [2.45, 2.75) is 13.2 Å². The first-order valence-corrected chi connectivity index (χ1v) is 9.05. The largest absolute Gasteiger partial charge is 0.467 e. The van der Waals surface area contributed by atoms with E-state index in [4.69, 9.17) is 4.74 Å². The number of aromatic nitrogens is 3. The molecule has 1 aliphatic rings. The lowest BCUT2D eigenvalue weighted by Crippen LogP contribution is -2.38. The number of nitrogens with zero attached hydrogens (tertiary/aromatic N) is 4. The molecular weight excluding hydrogens is 354 g/mol. The maximum Gasteiger partial charge on any atom is 0.318 e. The lowest BCUT2D eigenvalue weighted by atomic mass is 9.96. The van der Waals surface area contributed by atoms with Crippen LogP contribution in [0.5, 0.6) is 6.01 Å². The Bertz CT molecular complexity index is 1010. The number of nitrogens with one attached hydrogen (secondary N) is 1. The smallest absolute Gasteiger partial charge is 0.318 e. The Morgan fingerprint density at radius 3 is 2.71 bits per heavy atom. The Labute approximate surface area is 163 Å². The summed E-state index contributed by atoms with van der Waals surface area (Å²) in [6.07, 6.45) is 4.68. The Kier molecular flexibility index (Phi) is 4.90. The van der Waals surface area contributed by atoms with Crippen molar-refractivity contribution in [2.24, 2.45) is 0 Å². The summed E-state index contributed by atoms with van der Waals surface area (Å²) in [6.45, 7) is 2.67. The standard InChI is InChI=1S/C21H21N5O2/c1-3-26-17-12-19(24-18-9-10-22-21(25-18)28-2)23-13-15(17)11-16(20(26)27)14-7-5-4-6-8-14/h4-13,20,27H,3H2,1-2H3,(H,22,23,24,25). The molecule has 0 saturated carbocycles. The number of aliphatic hydroxyl groups is 1. The number of fused-ring (bicyclic) bond motifs is 1. The van der Waals surface area contributed by atoms with Gasteiger partial charge in [-0.1, -0.05) is 30.3 Å². The van der Waals surface area contributed by atoms with Gasteiger partial charge >= 0.3 is 6.01 Å². The van der Waals surface area contributed by atoms with E-state index in [-0.39, 0.29) is 6.01 Å². The van der Waals surface area contributed by atoms with Crippen molar-refractivity contribution in [3.8, 4) is 6.01 Å². The molecule has 2 N–H and O–H groups in total. The summed E-state index contributed by atoms with van der Waals surface area (Å²) < 4.78 is 5.05. The number of anilines is 3. The van der Waals surface area contributed by atoms with Gasteiger partial charge < -0.3 is 20.1 Å². The van der Waals surface area contributed by atoms with Crippen molar-refractivity contribution >= 4 is 29.0 Å². The quantitative estimate of drug-likeness (QED) is 0.708. The zero-order chi connectivity index (χ0) is 19.5. The molecular formula is C21H21N5O2. The predicted octanol–water partition coefficient (Wildman–Crippen LogP) is 3.32. The average Bonchev–Trinajstić information content (AvgIpc) is 2.74. The van der Waals surface area contributed by atoms with Crippen LogP contribution in [0.4, 0.5) is 17.3 Å². The van der Waals surface area contributed by atoms with Gasteiger partial charge in [-0.15, -0.1) is 0 Å². The molecule has 1 atom stereocenters. The van der Waals surface area contributed by atoms with E-state index in [2.05, 4.69) is 20.3 Å². The third kappa shape index (κ3) is 3.39. The van der Waals surface area contributed by atoms with E-state index >= 15 is 0 Å². The minimum atomic E-state index is -0.728. The number of aliphatic hydroxyl groups excluding tert-OH is 1. The van der Waals surface area contributed by atoms with E-state index in [0.29, 0.717) is 18.2 Å². The average molecular weight is 375 g/mol. The van der Waals surface area contributed by atoms with Crippen LogP contribution in [0.2, 0.25) is 0 Å². The van der Waals surface area contributed by atoms with Crippen LogP contribution < -0.4 is 15.0 Å². The molecule has 3 aromatic rings. The zero-order valence-electron chi connectivity index (χ0n) is 15.7. The molecule has 0 amide bonds. The number of pyridine rings is 1. The Morgan fingerprint density at radius 2 is 1.96 bits per heavy atom. The molecule has 28 heavy (non-hydrogen) atoms. The zero-order valence-corrected chi connectivity index (χ0v) is 15.7. The molecule has 0 aliphatic carbocycles. The summed E-state index contributed by atoms with van der Waals surface area (Å²) in [7, 11) is 1.52. The second-order valence-corrected chi connectivity index (χ2v) is 6.31. The van der Waals surface area contributed by atoms with Gasteiger partial charge in [0.1, 0.15) is 11.6 Å². The van der Waals surface area contributed by atoms with Crippen molar-refractivity contribution < 1.29 is 9.84 Å². The first kappa shape index (κ1) is 17.9. The summed E-state index contributed by atoms with van der Waals surface area (Å²) in [4.78, 5) is 14.7. The summed E-state index contributed by atoms with van der Waals surface area (Å²) in [5, 5.41) is 14.1. The second-order valence-electron chi connectivity index (χ2n) is 6.31. The molecule has 7 nitrogen and oxygen atoms in total. The van der Waals surface area contributed by atoms with Crippen LogP contribution in [-0.2, 0) is 0 Å². The first-order valence-electron chi connectivity index (χ1n) is 9.05. The van der Waals surface area contributed by atoms with Crippen LogP contribution in [-0.4, -0.2) is 39.9 Å². The highest BCUT2D eigenvalue weighted by Gasteiger charge is 2.27. The monoisotopic (exact) mass is 375 g/mol. The highest BCUT2D eigenvalue weighted by atomic mass is 16.5. The molecule has 7 heteroatoms. The molecule has 0 fully saturated rings. The molecule has 4 rings (SSSR count). The van der Waals surface area contributed by atoms with E-state index in [1.54, 1.807) is 18.5 Å². The number of hydrogen-bond donors (Lipinski definition) is 2. The van der Waals surface area contributed by atoms with Gasteiger partial charge in [0.15, 0.2) is 6.23 Å². The highest BCUT2D eigenvalue weighted by molar-refractivity contribution is 5.92. The van der Waals surface area contributed by atoms with E-state index in [9.17, 15) is 5.11 Å². The summed E-state index contributed by atoms with van der Waals surface area (Å²) in [6, 6.07) is 13.8. The topological polar surface area (TPSA) is 83.4 Å². The van der Waals surface area contributed by atoms with E-state index in [1.165, 1.54) is 7.11 Å². The maximum atomic E-state index is 11.0. The number of benzene rings is 1. The summed E-state index contributed by atoms with van der Waals surface area (Å²) in [5.74, 6) is 1.21. The second kappa shape index (κ2) is 7.66. The number of methoxy groups -OCH3 is 1. The van der Waals surface area contributed by atoms with Crippen LogP contribution >= 0.6 is 0 Å². The fourth-order valence-electron chi connectivity index (χ4n) is 3.27. The van der Waals surface area contributed by atoms with Gasteiger partial charge in [-0.2, -0.15) is 4.98 Å². The normalized spacial score (nSPS) is 15.6. The third-order valence-corrected chi connectivity index (χ3v) is 4.63. The molecule has 1 aromatic carbocycles. The summed E-state index contributed by atoms with van der Waals surface area (Å²) in [5.41, 5.74) is 3.72. The van der Waals surface area contributed by atoms with Crippen molar-refractivity contribution in [1.29, 1.82) is 0 Å². The number of hydrogen-bond acceptors (Lipinski definition) is 7. The Balaban J connectivity index is 1.70. The van der Waals surface area contributed by atoms with Crippen LogP contribution in [0.15, 0.2) is 54.9 Å². The molecule has 1 unspecified atom stereocenters. The molecule has 1 aliphatic heterocycles. The van der Waals surface area contributed by atoms with E-state index in [0.717, 1.165) is 22.4 Å². The van der Waals surface area contributed by atoms with Gasteiger partial charge in [0.05, 0.1) is 12.8 Å². The fourth-order valence-corrected chi connectivity index (χ4v) is 3.27. The van der Waals surface area contributed by atoms with Crippen molar-refractivity contribution in [2.75, 3.05) is 23.9 Å². The van der Waals surface area contributed by atoms with Crippen LogP contribution in [0, 0.1) is 0 Å². The Morgan fingerprint density at radius 1 is 1.14 bits per heavy atom. The van der Waals surface area contributed by atoms with Gasteiger partial charge in [-0.25, -0.2) is 9.97 Å². The lowest BCUT2D eigenvalue weighted by Gasteiger charge is -2.35. The fraction of sp³-hybridized carbons (Fsp3) is 0.190. The summed E-state index contributed by atoms with van der Waals surface area (Å²) >= 11 is 0. The Hall–Kier alpha value is -3.45. The van der Waals surface area contributed by atoms with Gasteiger partial charge in [0.25, 0.3) is 0 Å². The van der Waals surface area contributed by atoms with Crippen molar-refractivity contribution in [1.82, 2.24) is 15.0 Å². The molecule has 142 valence electrons. The van der Waals surface area contributed by atoms with Crippen LogP contribution in [0.25, 0.3) is 11.6 Å². The minimum Gasteiger partial charge on any atom is -0.467 e. The first-order chi connectivity index (χ1) is 13.7. The van der Waals surface area contributed by atoms with Gasteiger partial charge in [-0.3, -0.25) is 0 Å². The van der Waals surface area contributed by atoms with Crippen LogP contribution in [0.3, 0.4) is 0 Å². The number of ether oxygens (including phenoxy) is 1. The molecule has 3 heterocycles. The van der Waals surface area contributed by atoms with Crippen molar-refractivity contribution in [3.05, 3.63) is 66.0 Å². The van der Waals surface area contributed by atoms with Gasteiger partial charge in [0.2, 0.25) is 0 Å². The lowest BCUT2D eigenvalue weighted by molar-refractivity contribution is 0.226. The number of rotatable bonds is 5. The van der Waals surface area contributed by atoms with Gasteiger partial charge in [-0.05, 0) is 24.6 Å². The SMILES string of the molecule is CCN1c2cc(Nc3ccnc(OC)n3)ncc2C=C(c2ccccc2)C1O. The van der Waals surface area contributed by atoms with Crippen LogP contribution in [0.1, 0.15) is 18.1 Å². The highest BCUT2D eigenvalue weighted by Crippen LogP contribution is 2.37. The van der Waals surface area contributed by atoms with Gasteiger partial charge in [0, 0.05) is 36.1 Å².